The minimum absolute atomic E-state index is 0.330. The molecule has 0 radical (unpaired) electrons. The summed E-state index contributed by atoms with van der Waals surface area (Å²) in [6, 6.07) is 0. The number of carbonyl (C=O) groups excluding carboxylic acids is 1. The van der Waals surface area contributed by atoms with Crippen molar-refractivity contribution in [2.75, 3.05) is 0 Å². The Morgan fingerprint density at radius 2 is 2.17 bits per heavy atom. The van der Waals surface area contributed by atoms with Crippen LogP contribution in [0.15, 0.2) is 6.20 Å². The summed E-state index contributed by atoms with van der Waals surface area (Å²) >= 11 is 0. The summed E-state index contributed by atoms with van der Waals surface area (Å²) in [6.45, 7) is 4.00. The fraction of sp³-hybridized carbons (Fsp3) is 0.500. The molecule has 1 fully saturated rings. The van der Waals surface area contributed by atoms with Crippen molar-refractivity contribution in [1.29, 1.82) is 0 Å². The molecule has 64 valence electrons. The quantitative estimate of drug-likeness (QED) is 0.666. The lowest BCUT2D eigenvalue weighted by Crippen LogP contribution is -2.01. The lowest BCUT2D eigenvalue weighted by atomic mass is 10.1. The molecule has 0 unspecified atom stereocenters. The molecule has 0 saturated heterocycles. The zero-order valence-electron chi connectivity index (χ0n) is 7.48. The summed E-state index contributed by atoms with van der Waals surface area (Å²) in [5.74, 6) is 0.663. The molecule has 0 bridgehead atoms. The van der Waals surface area contributed by atoms with E-state index in [9.17, 15) is 4.79 Å². The summed E-state index contributed by atoms with van der Waals surface area (Å²) < 4.78 is 0. The van der Waals surface area contributed by atoms with Gasteiger partial charge in [0.05, 0.1) is 0 Å². The first-order valence-electron chi connectivity index (χ1n) is 4.39. The van der Waals surface area contributed by atoms with Crippen molar-refractivity contribution in [1.82, 2.24) is 4.98 Å². The van der Waals surface area contributed by atoms with Gasteiger partial charge in [0.25, 0.3) is 0 Å². The van der Waals surface area contributed by atoms with Gasteiger partial charge in [-0.25, -0.2) is 0 Å². The van der Waals surface area contributed by atoms with Crippen LogP contribution in [-0.4, -0.2) is 10.8 Å². The van der Waals surface area contributed by atoms with E-state index in [-0.39, 0.29) is 0 Å². The largest absolute Gasteiger partial charge is 0.364 e. The molecule has 1 heterocycles. The summed E-state index contributed by atoms with van der Waals surface area (Å²) in [6.07, 6.45) is 4.01. The number of Topliss-reactive ketones (excluding diaryl/α,β-unsaturated/α-hetero) is 1. The molecule has 0 amide bonds. The van der Waals surface area contributed by atoms with Gasteiger partial charge in [-0.1, -0.05) is 0 Å². The van der Waals surface area contributed by atoms with E-state index < -0.39 is 0 Å². The van der Waals surface area contributed by atoms with Crippen LogP contribution in [-0.2, 0) is 0 Å². The first-order chi connectivity index (χ1) is 5.70. The lowest BCUT2D eigenvalue weighted by Gasteiger charge is -1.95. The second-order valence-corrected chi connectivity index (χ2v) is 3.59. The van der Waals surface area contributed by atoms with Gasteiger partial charge in [0.15, 0.2) is 5.78 Å². The Balaban J connectivity index is 2.32. The van der Waals surface area contributed by atoms with Gasteiger partial charge in [0.1, 0.15) is 0 Å². The van der Waals surface area contributed by atoms with Crippen LogP contribution in [0.25, 0.3) is 0 Å². The Kier molecular flexibility index (Phi) is 1.56. The predicted molar refractivity (Wildman–Crippen MR) is 47.3 cm³/mol. The normalized spacial score (nSPS) is 16.5. The van der Waals surface area contributed by atoms with Gasteiger partial charge >= 0.3 is 0 Å². The molecule has 1 saturated carbocycles. The highest BCUT2D eigenvalue weighted by Crippen LogP contribution is 2.33. The van der Waals surface area contributed by atoms with E-state index in [4.69, 9.17) is 0 Å². The third kappa shape index (κ3) is 1.07. The van der Waals surface area contributed by atoms with Crippen LogP contribution in [0, 0.1) is 19.8 Å². The molecule has 2 nitrogen and oxygen atoms in total. The maximum Gasteiger partial charge on any atom is 0.167 e. The van der Waals surface area contributed by atoms with E-state index in [1.807, 2.05) is 20.0 Å². The van der Waals surface area contributed by atoms with Crippen molar-refractivity contribution >= 4 is 5.78 Å². The summed E-state index contributed by atoms with van der Waals surface area (Å²) in [7, 11) is 0. The van der Waals surface area contributed by atoms with E-state index in [1.165, 1.54) is 0 Å². The highest BCUT2D eigenvalue weighted by molar-refractivity contribution is 6.00. The van der Waals surface area contributed by atoms with Crippen molar-refractivity contribution in [3.05, 3.63) is 23.0 Å². The Morgan fingerprint density at radius 1 is 1.50 bits per heavy atom. The summed E-state index contributed by atoms with van der Waals surface area (Å²) in [5, 5.41) is 0. The molecule has 0 aromatic carbocycles. The Bertz CT molecular complexity index is 321. The second-order valence-electron chi connectivity index (χ2n) is 3.59. The first kappa shape index (κ1) is 7.59. The van der Waals surface area contributed by atoms with Crippen molar-refractivity contribution in [2.45, 2.75) is 26.7 Å². The van der Waals surface area contributed by atoms with Crippen LogP contribution in [0.1, 0.15) is 34.5 Å². The minimum Gasteiger partial charge on any atom is -0.364 e. The average Bonchev–Trinajstić information content (AvgIpc) is 2.82. The van der Waals surface area contributed by atoms with Crippen molar-refractivity contribution in [3.8, 4) is 0 Å². The molecule has 1 aliphatic carbocycles. The van der Waals surface area contributed by atoms with Crippen LogP contribution in [0.2, 0.25) is 0 Å². The van der Waals surface area contributed by atoms with Crippen LogP contribution in [0.4, 0.5) is 0 Å². The van der Waals surface area contributed by atoms with Gasteiger partial charge in [-0.2, -0.15) is 0 Å². The van der Waals surface area contributed by atoms with E-state index in [0.29, 0.717) is 11.7 Å². The standard InChI is InChI=1S/C10H13NO/c1-6-7(2)11-5-9(6)10(12)8-3-4-8/h5,8,11H,3-4H2,1-2H3. The zero-order valence-corrected chi connectivity index (χ0v) is 7.48. The molecular weight excluding hydrogens is 150 g/mol. The fourth-order valence-corrected chi connectivity index (χ4v) is 1.42. The highest BCUT2D eigenvalue weighted by atomic mass is 16.1. The molecule has 1 aromatic heterocycles. The van der Waals surface area contributed by atoms with E-state index in [0.717, 1.165) is 29.7 Å². The van der Waals surface area contributed by atoms with Crippen molar-refractivity contribution in [3.63, 3.8) is 0 Å². The van der Waals surface area contributed by atoms with Crippen LogP contribution in [0.3, 0.4) is 0 Å². The van der Waals surface area contributed by atoms with Gasteiger partial charge in [-0.15, -0.1) is 0 Å². The number of aryl methyl sites for hydroxylation is 1. The number of hydrogen-bond donors (Lipinski definition) is 1. The fourth-order valence-electron chi connectivity index (χ4n) is 1.42. The summed E-state index contributed by atoms with van der Waals surface area (Å²) in [4.78, 5) is 14.7. The Labute approximate surface area is 72.0 Å². The third-order valence-corrected chi connectivity index (χ3v) is 2.61. The number of hydrogen-bond acceptors (Lipinski definition) is 1. The van der Waals surface area contributed by atoms with Gasteiger partial charge in [-0.3, -0.25) is 4.79 Å². The van der Waals surface area contributed by atoms with Crippen molar-refractivity contribution in [2.24, 2.45) is 5.92 Å². The van der Waals surface area contributed by atoms with Gasteiger partial charge in [-0.05, 0) is 32.3 Å². The monoisotopic (exact) mass is 163 g/mol. The molecular formula is C10H13NO. The zero-order chi connectivity index (χ0) is 8.72. The van der Waals surface area contributed by atoms with E-state index >= 15 is 0 Å². The van der Waals surface area contributed by atoms with Crippen LogP contribution >= 0.6 is 0 Å². The number of rotatable bonds is 2. The third-order valence-electron chi connectivity index (χ3n) is 2.61. The molecule has 0 spiro atoms. The highest BCUT2D eigenvalue weighted by Gasteiger charge is 2.31. The molecule has 2 heteroatoms. The van der Waals surface area contributed by atoms with Crippen LogP contribution in [0.5, 0.6) is 0 Å². The number of carbonyl (C=O) groups is 1. The van der Waals surface area contributed by atoms with E-state index in [1.54, 1.807) is 0 Å². The predicted octanol–water partition coefficient (Wildman–Crippen LogP) is 2.22. The topological polar surface area (TPSA) is 32.9 Å². The summed E-state index contributed by atoms with van der Waals surface area (Å²) in [5.41, 5.74) is 3.13. The molecule has 1 N–H and O–H groups in total. The number of H-pyrrole nitrogens is 1. The van der Waals surface area contributed by atoms with E-state index in [2.05, 4.69) is 4.98 Å². The molecule has 0 atom stereocenters. The Morgan fingerprint density at radius 3 is 2.58 bits per heavy atom. The lowest BCUT2D eigenvalue weighted by molar-refractivity contribution is 0.0967. The molecule has 2 rings (SSSR count). The number of ketones is 1. The van der Waals surface area contributed by atoms with Gasteiger partial charge in [0, 0.05) is 23.4 Å². The Hall–Kier alpha value is -1.05. The van der Waals surface area contributed by atoms with Crippen molar-refractivity contribution < 1.29 is 4.79 Å². The first-order valence-corrected chi connectivity index (χ1v) is 4.39. The molecule has 12 heavy (non-hydrogen) atoms. The van der Waals surface area contributed by atoms with Crippen LogP contribution < -0.4 is 0 Å². The van der Waals surface area contributed by atoms with Gasteiger partial charge < -0.3 is 4.98 Å². The number of nitrogens with one attached hydrogen (secondary N) is 1. The maximum absolute atomic E-state index is 11.6. The smallest absolute Gasteiger partial charge is 0.167 e. The molecule has 0 aliphatic heterocycles. The molecule has 1 aliphatic rings. The number of aromatic nitrogens is 1. The minimum atomic E-state index is 0.330. The average molecular weight is 163 g/mol. The maximum atomic E-state index is 11.6. The van der Waals surface area contributed by atoms with Gasteiger partial charge in [0.2, 0.25) is 0 Å². The molecule has 1 aromatic rings. The second kappa shape index (κ2) is 2.47. The SMILES string of the molecule is Cc1[nH]cc(C(=O)C2CC2)c1C. The number of aromatic amines is 1.